The summed E-state index contributed by atoms with van der Waals surface area (Å²) < 4.78 is 16.9. The van der Waals surface area contributed by atoms with Gasteiger partial charge in [0.25, 0.3) is 0 Å². The third kappa shape index (κ3) is 3.46. The Morgan fingerprint density at radius 3 is 3.11 bits per heavy atom. The molecule has 0 radical (unpaired) electrons. The summed E-state index contributed by atoms with van der Waals surface area (Å²) >= 11 is 6.08. The molecule has 1 aromatic carbocycles. The van der Waals surface area contributed by atoms with Crippen molar-refractivity contribution in [3.05, 3.63) is 28.3 Å². The molecule has 0 aromatic heterocycles. The van der Waals surface area contributed by atoms with Crippen LogP contribution in [0.5, 0.6) is 5.75 Å². The first kappa shape index (κ1) is 13.8. The lowest BCUT2D eigenvalue weighted by atomic mass is 10.1. The van der Waals surface area contributed by atoms with Gasteiger partial charge in [0.15, 0.2) is 0 Å². The molecule has 0 spiro atoms. The van der Waals surface area contributed by atoms with Crippen molar-refractivity contribution in [3.8, 4) is 5.75 Å². The molecule has 1 aromatic rings. The maximum absolute atomic E-state index is 11.3. The highest BCUT2D eigenvalue weighted by Crippen LogP contribution is 2.32. The van der Waals surface area contributed by atoms with Crippen molar-refractivity contribution in [2.24, 2.45) is 0 Å². The minimum absolute atomic E-state index is 0.695. The molecule has 1 N–H and O–H groups in total. The average molecular weight is 288 g/mol. The van der Waals surface area contributed by atoms with Crippen LogP contribution < -0.4 is 10.1 Å². The predicted molar refractivity (Wildman–Crippen MR) is 75.9 cm³/mol. The second-order valence-electron chi connectivity index (χ2n) is 4.26. The number of benzene rings is 1. The predicted octanol–water partition coefficient (Wildman–Crippen LogP) is 2.13. The molecule has 1 aliphatic rings. The first-order valence-corrected chi connectivity index (χ1v) is 8.07. The summed E-state index contributed by atoms with van der Waals surface area (Å²) in [6.45, 7) is 4.14. The van der Waals surface area contributed by atoms with Gasteiger partial charge in [0.1, 0.15) is 5.75 Å². The SMILES string of the molecule is CCS(=O)CCNCc1cc(Cl)cc2c1OCC2. The number of halogens is 1. The molecule has 0 saturated heterocycles. The summed E-state index contributed by atoms with van der Waals surface area (Å²) in [5.74, 6) is 2.39. The summed E-state index contributed by atoms with van der Waals surface area (Å²) in [7, 11) is -0.708. The minimum atomic E-state index is -0.708. The van der Waals surface area contributed by atoms with Crippen molar-refractivity contribution in [1.82, 2.24) is 5.32 Å². The molecule has 100 valence electrons. The molecule has 1 aliphatic heterocycles. The first-order valence-electron chi connectivity index (χ1n) is 6.20. The van der Waals surface area contributed by atoms with E-state index in [1.165, 1.54) is 5.56 Å². The van der Waals surface area contributed by atoms with E-state index in [4.69, 9.17) is 16.3 Å². The van der Waals surface area contributed by atoms with E-state index in [1.54, 1.807) is 0 Å². The molecule has 0 saturated carbocycles. The molecule has 0 bridgehead atoms. The van der Waals surface area contributed by atoms with Gasteiger partial charge >= 0.3 is 0 Å². The van der Waals surface area contributed by atoms with Gasteiger partial charge in [-0.1, -0.05) is 18.5 Å². The molecule has 2 rings (SSSR count). The van der Waals surface area contributed by atoms with Gasteiger partial charge in [0.05, 0.1) is 6.61 Å². The van der Waals surface area contributed by atoms with Gasteiger partial charge in [0, 0.05) is 52.4 Å². The van der Waals surface area contributed by atoms with Gasteiger partial charge in [-0.25, -0.2) is 0 Å². The zero-order valence-electron chi connectivity index (χ0n) is 10.5. The van der Waals surface area contributed by atoms with Crippen LogP contribution in [0.1, 0.15) is 18.1 Å². The van der Waals surface area contributed by atoms with Gasteiger partial charge in [-0.05, 0) is 17.7 Å². The van der Waals surface area contributed by atoms with Gasteiger partial charge < -0.3 is 10.1 Å². The van der Waals surface area contributed by atoms with Crippen LogP contribution in [-0.4, -0.2) is 28.9 Å². The van der Waals surface area contributed by atoms with E-state index in [9.17, 15) is 4.21 Å². The summed E-state index contributed by atoms with van der Waals surface area (Å²) in [6.07, 6.45) is 0.933. The largest absolute Gasteiger partial charge is 0.493 e. The molecule has 0 aliphatic carbocycles. The Hall–Kier alpha value is -0.580. The Morgan fingerprint density at radius 2 is 2.33 bits per heavy atom. The van der Waals surface area contributed by atoms with Crippen LogP contribution in [0.25, 0.3) is 0 Å². The van der Waals surface area contributed by atoms with E-state index in [2.05, 4.69) is 5.32 Å². The Kier molecular flexibility index (Phi) is 5.03. The third-order valence-electron chi connectivity index (χ3n) is 2.97. The lowest BCUT2D eigenvalue weighted by Gasteiger charge is -2.10. The molecular formula is C13H18ClNO2S. The topological polar surface area (TPSA) is 38.3 Å². The second-order valence-corrected chi connectivity index (χ2v) is 6.56. The maximum atomic E-state index is 11.3. The van der Waals surface area contributed by atoms with Gasteiger partial charge in [-0.3, -0.25) is 4.21 Å². The maximum Gasteiger partial charge on any atom is 0.127 e. The summed E-state index contributed by atoms with van der Waals surface area (Å²) in [6, 6.07) is 3.91. The number of fused-ring (bicyclic) bond motifs is 1. The van der Waals surface area contributed by atoms with Crippen molar-refractivity contribution in [3.63, 3.8) is 0 Å². The van der Waals surface area contributed by atoms with Gasteiger partial charge in [0.2, 0.25) is 0 Å². The van der Waals surface area contributed by atoms with Crippen LogP contribution in [0.15, 0.2) is 12.1 Å². The first-order chi connectivity index (χ1) is 8.70. The molecule has 0 fully saturated rings. The molecular weight excluding hydrogens is 270 g/mol. The van der Waals surface area contributed by atoms with E-state index < -0.39 is 10.8 Å². The van der Waals surface area contributed by atoms with Crippen molar-refractivity contribution in [2.75, 3.05) is 24.7 Å². The van der Waals surface area contributed by atoms with E-state index in [0.29, 0.717) is 12.3 Å². The van der Waals surface area contributed by atoms with Crippen molar-refractivity contribution < 1.29 is 8.95 Å². The Balaban J connectivity index is 1.92. The lowest BCUT2D eigenvalue weighted by Crippen LogP contribution is -2.20. The van der Waals surface area contributed by atoms with Gasteiger partial charge in [-0.2, -0.15) is 0 Å². The van der Waals surface area contributed by atoms with Crippen molar-refractivity contribution >= 4 is 22.4 Å². The Labute approximate surface area is 115 Å². The highest BCUT2D eigenvalue weighted by atomic mass is 35.5. The zero-order valence-corrected chi connectivity index (χ0v) is 12.1. The fourth-order valence-corrected chi connectivity index (χ4v) is 2.95. The molecule has 1 unspecified atom stereocenters. The molecule has 5 heteroatoms. The molecule has 1 heterocycles. The number of nitrogens with one attached hydrogen (secondary N) is 1. The lowest BCUT2D eigenvalue weighted by molar-refractivity contribution is 0.352. The standard InChI is InChI=1S/C13H18ClNO2S/c1-2-18(16)6-4-15-9-11-8-12(14)7-10-3-5-17-13(10)11/h7-8,15H,2-6,9H2,1H3. The number of ether oxygens (including phenoxy) is 1. The van der Waals surface area contributed by atoms with Crippen LogP contribution in [0, 0.1) is 0 Å². The number of hydrogen-bond donors (Lipinski definition) is 1. The van der Waals surface area contributed by atoms with Crippen LogP contribution >= 0.6 is 11.6 Å². The van der Waals surface area contributed by atoms with Gasteiger partial charge in [-0.15, -0.1) is 0 Å². The van der Waals surface area contributed by atoms with E-state index in [-0.39, 0.29) is 0 Å². The number of hydrogen-bond acceptors (Lipinski definition) is 3. The summed E-state index contributed by atoms with van der Waals surface area (Å²) in [4.78, 5) is 0. The van der Waals surface area contributed by atoms with Crippen LogP contribution in [0.4, 0.5) is 0 Å². The van der Waals surface area contributed by atoms with Crippen LogP contribution in [-0.2, 0) is 23.8 Å². The molecule has 1 atom stereocenters. The van der Waals surface area contributed by atoms with Crippen molar-refractivity contribution in [2.45, 2.75) is 19.9 Å². The van der Waals surface area contributed by atoms with E-state index in [1.807, 2.05) is 19.1 Å². The van der Waals surface area contributed by atoms with E-state index >= 15 is 0 Å². The highest BCUT2D eigenvalue weighted by molar-refractivity contribution is 7.84. The molecule has 18 heavy (non-hydrogen) atoms. The Bertz CT molecular complexity index is 451. The molecule has 0 amide bonds. The van der Waals surface area contributed by atoms with Crippen molar-refractivity contribution in [1.29, 1.82) is 0 Å². The van der Waals surface area contributed by atoms with Crippen LogP contribution in [0.3, 0.4) is 0 Å². The minimum Gasteiger partial charge on any atom is -0.493 e. The average Bonchev–Trinajstić information content (AvgIpc) is 2.81. The summed E-state index contributed by atoms with van der Waals surface area (Å²) in [5, 5.41) is 4.05. The smallest absolute Gasteiger partial charge is 0.127 e. The quantitative estimate of drug-likeness (QED) is 0.815. The van der Waals surface area contributed by atoms with Crippen LogP contribution in [0.2, 0.25) is 5.02 Å². The van der Waals surface area contributed by atoms with E-state index in [0.717, 1.165) is 41.7 Å². The monoisotopic (exact) mass is 287 g/mol. The molecule has 3 nitrogen and oxygen atoms in total. The fourth-order valence-electron chi connectivity index (χ4n) is 2.03. The summed E-state index contributed by atoms with van der Waals surface area (Å²) in [5.41, 5.74) is 2.29. The Morgan fingerprint density at radius 1 is 1.50 bits per heavy atom. The third-order valence-corrected chi connectivity index (χ3v) is 4.49. The highest BCUT2D eigenvalue weighted by Gasteiger charge is 2.17. The normalized spacial score (nSPS) is 15.2. The fraction of sp³-hybridized carbons (Fsp3) is 0.538. The zero-order chi connectivity index (χ0) is 13.0. The second kappa shape index (κ2) is 6.55. The number of rotatable bonds is 6.